The first-order valence-electron chi connectivity index (χ1n) is 5.86. The lowest BCUT2D eigenvalue weighted by atomic mass is 9.83. The molecule has 5 nitrogen and oxygen atoms in total. The SMILES string of the molecule is Cc1cc(C(=O)N2CC(O)(C(C)C)C2)n(C)n1. The van der Waals surface area contributed by atoms with Gasteiger partial charge in [-0.05, 0) is 18.9 Å². The van der Waals surface area contributed by atoms with Crippen LogP contribution in [0.5, 0.6) is 0 Å². The summed E-state index contributed by atoms with van der Waals surface area (Å²) in [6.45, 7) is 6.62. The van der Waals surface area contributed by atoms with Gasteiger partial charge in [0.1, 0.15) is 11.3 Å². The van der Waals surface area contributed by atoms with Gasteiger partial charge in [0.15, 0.2) is 0 Å². The molecule has 2 rings (SSSR count). The van der Waals surface area contributed by atoms with Crippen LogP contribution >= 0.6 is 0 Å². The first-order valence-corrected chi connectivity index (χ1v) is 5.86. The van der Waals surface area contributed by atoms with Gasteiger partial charge >= 0.3 is 0 Å². The minimum atomic E-state index is -0.719. The summed E-state index contributed by atoms with van der Waals surface area (Å²) >= 11 is 0. The lowest BCUT2D eigenvalue weighted by Gasteiger charge is -2.48. The third kappa shape index (κ3) is 1.95. The van der Waals surface area contributed by atoms with Crippen LogP contribution < -0.4 is 0 Å². The fraction of sp³-hybridized carbons (Fsp3) is 0.667. The standard InChI is InChI=1S/C12H19N3O2/c1-8(2)12(17)6-15(7-12)11(16)10-5-9(3)13-14(10)4/h5,8,17H,6-7H2,1-4H3. The lowest BCUT2D eigenvalue weighted by molar-refractivity contribution is -0.111. The monoisotopic (exact) mass is 237 g/mol. The highest BCUT2D eigenvalue weighted by atomic mass is 16.3. The quantitative estimate of drug-likeness (QED) is 0.818. The van der Waals surface area contributed by atoms with Gasteiger partial charge in [0.25, 0.3) is 5.91 Å². The van der Waals surface area contributed by atoms with Crippen LogP contribution in [-0.4, -0.2) is 44.4 Å². The maximum atomic E-state index is 12.1. The average Bonchev–Trinajstić information content (AvgIpc) is 2.51. The van der Waals surface area contributed by atoms with E-state index in [1.807, 2.05) is 20.8 Å². The van der Waals surface area contributed by atoms with Crippen molar-refractivity contribution in [3.05, 3.63) is 17.5 Å². The van der Waals surface area contributed by atoms with Crippen LogP contribution in [0.3, 0.4) is 0 Å². The van der Waals surface area contributed by atoms with Gasteiger partial charge in [-0.3, -0.25) is 9.48 Å². The van der Waals surface area contributed by atoms with Gasteiger partial charge in [0.2, 0.25) is 0 Å². The van der Waals surface area contributed by atoms with E-state index in [0.29, 0.717) is 18.8 Å². The highest BCUT2D eigenvalue weighted by molar-refractivity contribution is 5.93. The van der Waals surface area contributed by atoms with E-state index in [4.69, 9.17) is 0 Å². The van der Waals surface area contributed by atoms with Crippen LogP contribution in [0, 0.1) is 12.8 Å². The summed E-state index contributed by atoms with van der Waals surface area (Å²) in [5.74, 6) is 0.109. The largest absolute Gasteiger partial charge is 0.386 e. The highest BCUT2D eigenvalue weighted by Crippen LogP contribution is 2.29. The number of aromatic nitrogens is 2. The van der Waals surface area contributed by atoms with Gasteiger partial charge < -0.3 is 10.0 Å². The predicted octanol–water partition coefficient (Wildman–Crippen LogP) is 0.571. The normalized spacial score (nSPS) is 18.4. The molecular formula is C12H19N3O2. The van der Waals surface area contributed by atoms with Gasteiger partial charge in [-0.2, -0.15) is 5.10 Å². The number of carbonyl (C=O) groups excluding carboxylic acids is 1. The van der Waals surface area contributed by atoms with Gasteiger partial charge in [-0.15, -0.1) is 0 Å². The van der Waals surface area contributed by atoms with Crippen LogP contribution in [-0.2, 0) is 7.05 Å². The summed E-state index contributed by atoms with van der Waals surface area (Å²) in [6.07, 6.45) is 0. The van der Waals surface area contributed by atoms with E-state index in [1.165, 1.54) is 0 Å². The Morgan fingerprint density at radius 1 is 1.53 bits per heavy atom. The van der Waals surface area contributed by atoms with Crippen LogP contribution in [0.4, 0.5) is 0 Å². The van der Waals surface area contributed by atoms with Gasteiger partial charge in [0.05, 0.1) is 18.8 Å². The Bertz CT molecular complexity index is 445. The molecule has 0 unspecified atom stereocenters. The van der Waals surface area contributed by atoms with Crippen LogP contribution in [0.15, 0.2) is 6.07 Å². The fourth-order valence-electron chi connectivity index (χ4n) is 2.10. The smallest absolute Gasteiger partial charge is 0.272 e. The molecule has 0 atom stereocenters. The second kappa shape index (κ2) is 3.84. The average molecular weight is 237 g/mol. The number of aliphatic hydroxyl groups is 1. The summed E-state index contributed by atoms with van der Waals surface area (Å²) in [5, 5.41) is 14.3. The second-order valence-electron chi connectivity index (χ2n) is 5.21. The Kier molecular flexibility index (Phi) is 2.73. The molecule has 1 amide bonds. The van der Waals surface area contributed by atoms with Crippen LogP contribution in [0.1, 0.15) is 30.0 Å². The zero-order valence-electron chi connectivity index (χ0n) is 10.8. The number of aryl methyl sites for hydroxylation is 2. The molecule has 0 saturated carbocycles. The highest BCUT2D eigenvalue weighted by Gasteiger charge is 2.46. The van der Waals surface area contributed by atoms with Crippen LogP contribution in [0.25, 0.3) is 0 Å². The third-order valence-electron chi connectivity index (χ3n) is 3.51. The molecule has 1 fully saturated rings. The molecule has 0 bridgehead atoms. The lowest BCUT2D eigenvalue weighted by Crippen LogP contribution is -2.66. The van der Waals surface area contributed by atoms with Crippen molar-refractivity contribution in [2.24, 2.45) is 13.0 Å². The topological polar surface area (TPSA) is 58.4 Å². The zero-order chi connectivity index (χ0) is 12.8. The van der Waals surface area contributed by atoms with E-state index < -0.39 is 5.60 Å². The Morgan fingerprint density at radius 3 is 2.53 bits per heavy atom. The Hall–Kier alpha value is -1.36. The number of hydrogen-bond acceptors (Lipinski definition) is 3. The van der Waals surface area contributed by atoms with Crippen molar-refractivity contribution in [1.82, 2.24) is 14.7 Å². The fourth-order valence-corrected chi connectivity index (χ4v) is 2.10. The third-order valence-corrected chi connectivity index (χ3v) is 3.51. The summed E-state index contributed by atoms with van der Waals surface area (Å²) in [5.41, 5.74) is 0.687. The minimum Gasteiger partial charge on any atom is -0.386 e. The predicted molar refractivity (Wildman–Crippen MR) is 63.6 cm³/mol. The molecule has 5 heteroatoms. The molecule has 2 heterocycles. The van der Waals surface area contributed by atoms with E-state index in [-0.39, 0.29) is 11.8 Å². The van der Waals surface area contributed by atoms with Crippen molar-refractivity contribution >= 4 is 5.91 Å². The number of β-amino-alcohol motifs (C(OH)–C–C–N with tert-alkyl or cyclic N) is 1. The first-order chi connectivity index (χ1) is 7.83. The molecule has 17 heavy (non-hydrogen) atoms. The van der Waals surface area contributed by atoms with Gasteiger partial charge in [0, 0.05) is 7.05 Å². The molecule has 0 aromatic carbocycles. The van der Waals surface area contributed by atoms with Gasteiger partial charge in [-0.1, -0.05) is 13.8 Å². The maximum Gasteiger partial charge on any atom is 0.272 e. The van der Waals surface area contributed by atoms with Crippen molar-refractivity contribution in [2.75, 3.05) is 13.1 Å². The number of rotatable bonds is 2. The molecule has 94 valence electrons. The van der Waals surface area contributed by atoms with Crippen molar-refractivity contribution in [1.29, 1.82) is 0 Å². The van der Waals surface area contributed by atoms with E-state index in [0.717, 1.165) is 5.69 Å². The molecule has 1 saturated heterocycles. The Balaban J connectivity index is 2.08. The number of nitrogens with zero attached hydrogens (tertiary/aromatic N) is 3. The van der Waals surface area contributed by atoms with E-state index in [1.54, 1.807) is 22.7 Å². The number of carbonyl (C=O) groups is 1. The zero-order valence-corrected chi connectivity index (χ0v) is 10.8. The number of hydrogen-bond donors (Lipinski definition) is 1. The first kappa shape index (κ1) is 12.1. The van der Waals surface area contributed by atoms with Crippen LogP contribution in [0.2, 0.25) is 0 Å². The number of amides is 1. The van der Waals surface area contributed by atoms with Gasteiger partial charge in [-0.25, -0.2) is 0 Å². The number of likely N-dealkylation sites (tertiary alicyclic amines) is 1. The molecule has 1 aromatic rings. The molecule has 1 aromatic heterocycles. The molecule has 0 spiro atoms. The van der Waals surface area contributed by atoms with Crippen molar-refractivity contribution in [2.45, 2.75) is 26.4 Å². The molecule has 0 radical (unpaired) electrons. The van der Waals surface area contributed by atoms with Crippen molar-refractivity contribution in [3.63, 3.8) is 0 Å². The maximum absolute atomic E-state index is 12.1. The molecule has 0 aliphatic carbocycles. The minimum absolute atomic E-state index is 0.0570. The summed E-state index contributed by atoms with van der Waals surface area (Å²) in [6, 6.07) is 1.77. The molecule has 1 N–H and O–H groups in total. The molecule has 1 aliphatic heterocycles. The Morgan fingerprint density at radius 2 is 2.12 bits per heavy atom. The molecular weight excluding hydrogens is 218 g/mol. The summed E-state index contributed by atoms with van der Waals surface area (Å²) in [7, 11) is 1.76. The van der Waals surface area contributed by atoms with E-state index in [2.05, 4.69) is 5.10 Å². The van der Waals surface area contributed by atoms with E-state index >= 15 is 0 Å². The molecule has 1 aliphatic rings. The van der Waals surface area contributed by atoms with E-state index in [9.17, 15) is 9.90 Å². The Labute approximate surface area is 101 Å². The van der Waals surface area contributed by atoms with Crippen molar-refractivity contribution < 1.29 is 9.90 Å². The summed E-state index contributed by atoms with van der Waals surface area (Å²) in [4.78, 5) is 13.8. The second-order valence-corrected chi connectivity index (χ2v) is 5.21. The van der Waals surface area contributed by atoms with Crippen molar-refractivity contribution in [3.8, 4) is 0 Å². The summed E-state index contributed by atoms with van der Waals surface area (Å²) < 4.78 is 1.59.